The number of hydrogen-bond donors (Lipinski definition) is 2. The van der Waals surface area contributed by atoms with Crippen molar-refractivity contribution in [3.63, 3.8) is 0 Å². The highest BCUT2D eigenvalue weighted by molar-refractivity contribution is 7.80. The molecule has 0 aliphatic carbocycles. The summed E-state index contributed by atoms with van der Waals surface area (Å²) in [7, 11) is 0. The van der Waals surface area contributed by atoms with E-state index in [0.29, 0.717) is 23.6 Å². The van der Waals surface area contributed by atoms with E-state index >= 15 is 0 Å². The summed E-state index contributed by atoms with van der Waals surface area (Å²) in [6.07, 6.45) is 2.82. The normalized spacial score (nSPS) is 10.3. The first-order valence-corrected chi connectivity index (χ1v) is 8.66. The van der Waals surface area contributed by atoms with Gasteiger partial charge in [0, 0.05) is 18.2 Å². The van der Waals surface area contributed by atoms with Gasteiger partial charge in [-0.3, -0.25) is 20.2 Å². The van der Waals surface area contributed by atoms with E-state index in [-0.39, 0.29) is 10.8 Å². The van der Waals surface area contributed by atoms with Crippen molar-refractivity contribution in [3.8, 4) is 5.75 Å². The number of non-ortho nitro benzene ring substituents is 1. The van der Waals surface area contributed by atoms with Crippen LogP contribution in [0.2, 0.25) is 0 Å². The van der Waals surface area contributed by atoms with Gasteiger partial charge in [0.1, 0.15) is 12.4 Å². The van der Waals surface area contributed by atoms with Gasteiger partial charge in [-0.05, 0) is 60.6 Å². The van der Waals surface area contributed by atoms with Gasteiger partial charge in [-0.25, -0.2) is 0 Å². The summed E-state index contributed by atoms with van der Waals surface area (Å²) in [4.78, 5) is 22.2. The largest absolute Gasteiger partial charge is 0.487 e. The standard InChI is InChI=1S/C20H19N3O4S/c1-14(2)13-27-18-6-4-3-5-17(18)21-20(28)22-19(24)12-9-15-7-10-16(11-8-15)23(25)26/h3-12H,1,13H2,2H3,(H2,21,22,24,28)/b12-9+. The lowest BCUT2D eigenvalue weighted by Gasteiger charge is -2.13. The van der Waals surface area contributed by atoms with Crippen LogP contribution in [0.5, 0.6) is 5.75 Å². The summed E-state index contributed by atoms with van der Waals surface area (Å²) >= 11 is 5.16. The van der Waals surface area contributed by atoms with Crippen LogP contribution >= 0.6 is 12.2 Å². The number of anilines is 1. The lowest BCUT2D eigenvalue weighted by atomic mass is 10.2. The van der Waals surface area contributed by atoms with Crippen LogP contribution in [0, 0.1) is 10.1 Å². The summed E-state index contributed by atoms with van der Waals surface area (Å²) in [6.45, 7) is 6.02. The molecule has 0 unspecified atom stereocenters. The van der Waals surface area contributed by atoms with Crippen LogP contribution in [0.25, 0.3) is 6.08 Å². The summed E-state index contributed by atoms with van der Waals surface area (Å²) in [5.41, 5.74) is 2.13. The van der Waals surface area contributed by atoms with Crippen LogP contribution in [0.15, 0.2) is 66.8 Å². The zero-order valence-electron chi connectivity index (χ0n) is 15.2. The number of thiocarbonyl (C=S) groups is 1. The number of nitrogens with zero attached hydrogens (tertiary/aromatic N) is 1. The fourth-order valence-electron chi connectivity index (χ4n) is 2.08. The molecule has 0 radical (unpaired) electrons. The molecule has 0 saturated carbocycles. The Kier molecular flexibility index (Phi) is 7.41. The third-order valence-corrected chi connectivity index (χ3v) is 3.58. The number of nitrogens with one attached hydrogen (secondary N) is 2. The fraction of sp³-hybridized carbons (Fsp3) is 0.100. The Morgan fingerprint density at radius 2 is 1.93 bits per heavy atom. The number of nitro benzene ring substituents is 1. The smallest absolute Gasteiger partial charge is 0.269 e. The predicted octanol–water partition coefficient (Wildman–Crippen LogP) is 4.08. The highest BCUT2D eigenvalue weighted by Gasteiger charge is 2.07. The Morgan fingerprint density at radius 3 is 2.57 bits per heavy atom. The number of para-hydroxylation sites is 2. The van der Waals surface area contributed by atoms with Crippen molar-refractivity contribution in [3.05, 3.63) is 82.4 Å². The molecule has 2 rings (SSSR count). The Bertz CT molecular complexity index is 923. The summed E-state index contributed by atoms with van der Waals surface area (Å²) < 4.78 is 5.64. The zero-order valence-corrected chi connectivity index (χ0v) is 16.0. The third-order valence-electron chi connectivity index (χ3n) is 3.38. The maximum atomic E-state index is 12.0. The quantitative estimate of drug-likeness (QED) is 0.240. The fourth-order valence-corrected chi connectivity index (χ4v) is 2.29. The Hall–Kier alpha value is -3.52. The molecule has 2 N–H and O–H groups in total. The first kappa shape index (κ1) is 20.8. The Balaban J connectivity index is 1.93. The van der Waals surface area contributed by atoms with E-state index in [1.54, 1.807) is 24.3 Å². The van der Waals surface area contributed by atoms with Gasteiger partial charge in [0.2, 0.25) is 5.91 Å². The van der Waals surface area contributed by atoms with E-state index in [1.165, 1.54) is 24.3 Å². The van der Waals surface area contributed by atoms with Crippen molar-refractivity contribution >= 4 is 40.7 Å². The van der Waals surface area contributed by atoms with E-state index in [4.69, 9.17) is 17.0 Å². The topological polar surface area (TPSA) is 93.5 Å². The van der Waals surface area contributed by atoms with E-state index in [0.717, 1.165) is 5.57 Å². The van der Waals surface area contributed by atoms with Gasteiger partial charge < -0.3 is 10.1 Å². The molecule has 0 spiro atoms. The number of amides is 1. The number of carbonyl (C=O) groups excluding carboxylic acids is 1. The molecular formula is C20H19N3O4S. The third kappa shape index (κ3) is 6.65. The molecule has 0 aliphatic rings. The summed E-state index contributed by atoms with van der Waals surface area (Å²) in [6, 6.07) is 13.0. The second-order valence-electron chi connectivity index (χ2n) is 5.87. The lowest BCUT2D eigenvalue weighted by Crippen LogP contribution is -2.32. The van der Waals surface area contributed by atoms with Gasteiger partial charge in [-0.1, -0.05) is 18.7 Å². The maximum absolute atomic E-state index is 12.0. The highest BCUT2D eigenvalue weighted by Crippen LogP contribution is 2.24. The minimum Gasteiger partial charge on any atom is -0.487 e. The molecule has 2 aromatic rings. The highest BCUT2D eigenvalue weighted by atomic mass is 32.1. The molecule has 1 amide bonds. The second-order valence-corrected chi connectivity index (χ2v) is 6.28. The number of benzene rings is 2. The average Bonchev–Trinajstić information content (AvgIpc) is 2.65. The molecule has 0 bridgehead atoms. The molecule has 144 valence electrons. The number of nitro groups is 1. The molecule has 2 aromatic carbocycles. The van der Waals surface area contributed by atoms with Crippen molar-refractivity contribution in [1.82, 2.24) is 5.32 Å². The molecule has 7 nitrogen and oxygen atoms in total. The van der Waals surface area contributed by atoms with Crippen molar-refractivity contribution in [2.24, 2.45) is 0 Å². The van der Waals surface area contributed by atoms with Crippen molar-refractivity contribution in [2.75, 3.05) is 11.9 Å². The molecule has 0 heterocycles. The van der Waals surface area contributed by atoms with Crippen LogP contribution in [-0.2, 0) is 4.79 Å². The Labute approximate surface area is 167 Å². The van der Waals surface area contributed by atoms with Gasteiger partial charge in [-0.15, -0.1) is 0 Å². The van der Waals surface area contributed by atoms with Crippen molar-refractivity contribution < 1.29 is 14.5 Å². The number of hydrogen-bond acceptors (Lipinski definition) is 5. The second kappa shape index (κ2) is 9.98. The van der Waals surface area contributed by atoms with Gasteiger partial charge in [0.15, 0.2) is 5.11 Å². The molecule has 28 heavy (non-hydrogen) atoms. The van der Waals surface area contributed by atoms with Gasteiger partial charge in [-0.2, -0.15) is 0 Å². The first-order valence-electron chi connectivity index (χ1n) is 8.26. The predicted molar refractivity (Wildman–Crippen MR) is 113 cm³/mol. The van der Waals surface area contributed by atoms with Gasteiger partial charge in [0.25, 0.3) is 5.69 Å². The van der Waals surface area contributed by atoms with Crippen LogP contribution < -0.4 is 15.4 Å². The van der Waals surface area contributed by atoms with Crippen LogP contribution in [0.4, 0.5) is 11.4 Å². The summed E-state index contributed by atoms with van der Waals surface area (Å²) in [5.74, 6) is 0.153. The van der Waals surface area contributed by atoms with Crippen LogP contribution in [-0.4, -0.2) is 22.5 Å². The zero-order chi connectivity index (χ0) is 20.5. The first-order chi connectivity index (χ1) is 13.3. The molecular weight excluding hydrogens is 378 g/mol. The Morgan fingerprint density at radius 1 is 1.25 bits per heavy atom. The van der Waals surface area contributed by atoms with E-state index < -0.39 is 10.8 Å². The van der Waals surface area contributed by atoms with Gasteiger partial charge in [0.05, 0.1) is 10.6 Å². The van der Waals surface area contributed by atoms with Crippen molar-refractivity contribution in [1.29, 1.82) is 0 Å². The van der Waals surface area contributed by atoms with E-state index in [1.807, 2.05) is 19.1 Å². The minimum absolute atomic E-state index is 0.0143. The summed E-state index contributed by atoms with van der Waals surface area (Å²) in [5, 5.41) is 16.2. The maximum Gasteiger partial charge on any atom is 0.269 e. The molecule has 0 saturated heterocycles. The molecule has 0 aliphatic heterocycles. The lowest BCUT2D eigenvalue weighted by molar-refractivity contribution is -0.384. The molecule has 0 aromatic heterocycles. The average molecular weight is 397 g/mol. The molecule has 0 fully saturated rings. The van der Waals surface area contributed by atoms with E-state index in [9.17, 15) is 14.9 Å². The minimum atomic E-state index is -0.484. The van der Waals surface area contributed by atoms with Crippen molar-refractivity contribution in [2.45, 2.75) is 6.92 Å². The molecule has 0 atom stereocenters. The van der Waals surface area contributed by atoms with Gasteiger partial charge >= 0.3 is 0 Å². The number of carbonyl (C=O) groups is 1. The van der Waals surface area contributed by atoms with E-state index in [2.05, 4.69) is 17.2 Å². The van der Waals surface area contributed by atoms with Crippen LogP contribution in [0.3, 0.4) is 0 Å². The number of ether oxygens (including phenoxy) is 1. The monoisotopic (exact) mass is 397 g/mol. The molecule has 8 heteroatoms. The van der Waals surface area contributed by atoms with Crippen LogP contribution in [0.1, 0.15) is 12.5 Å². The number of rotatable bonds is 7. The SMILES string of the molecule is C=C(C)COc1ccccc1NC(=S)NC(=O)/C=C/c1ccc([N+](=O)[O-])cc1.